The molecule has 2 N–H and O–H groups in total. The zero-order valence-electron chi connectivity index (χ0n) is 12.4. The number of fused-ring (bicyclic) bond motifs is 1. The normalized spacial score (nSPS) is 11.0. The molecular weight excluding hydrogens is 296 g/mol. The number of imidazole rings is 1. The van der Waals surface area contributed by atoms with Gasteiger partial charge in [0.1, 0.15) is 0 Å². The Morgan fingerprint density at radius 2 is 2.14 bits per heavy atom. The number of carbonyl (C=O) groups excluding carboxylic acids is 1. The Labute approximate surface area is 133 Å². The predicted molar refractivity (Wildman–Crippen MR) is 90.3 cm³/mol. The fourth-order valence-corrected chi connectivity index (χ4v) is 2.94. The van der Waals surface area contributed by atoms with Crippen LogP contribution in [0.25, 0.3) is 16.2 Å². The molecular formula is C16H18N4OS. The molecule has 3 rings (SSSR count). The third-order valence-electron chi connectivity index (χ3n) is 3.39. The van der Waals surface area contributed by atoms with Gasteiger partial charge in [0.2, 0.25) is 5.91 Å². The topological polar surface area (TPSA) is 58.4 Å². The lowest BCUT2D eigenvalue weighted by Crippen LogP contribution is -2.15. The molecule has 0 spiro atoms. The van der Waals surface area contributed by atoms with E-state index in [4.69, 9.17) is 0 Å². The maximum absolute atomic E-state index is 11.8. The first-order valence-electron chi connectivity index (χ1n) is 7.23. The molecule has 6 heteroatoms. The average Bonchev–Trinajstić information content (AvgIpc) is 3.09. The van der Waals surface area contributed by atoms with E-state index in [1.54, 1.807) is 11.3 Å². The van der Waals surface area contributed by atoms with Crippen molar-refractivity contribution in [1.82, 2.24) is 14.7 Å². The first-order chi connectivity index (χ1) is 10.8. The second-order valence-corrected chi connectivity index (χ2v) is 5.92. The standard InChI is InChI=1S/C16H18N4OS/c1-17-8-2-3-15(21)18-13-6-4-12(5-7-13)14-11-20-9-10-22-16(20)19-14/h4-7,9-11,17H,2-3,8H2,1H3,(H,18,21). The van der Waals surface area contributed by atoms with Gasteiger partial charge < -0.3 is 10.6 Å². The molecule has 2 heterocycles. The second kappa shape index (κ2) is 6.72. The maximum Gasteiger partial charge on any atom is 0.224 e. The van der Waals surface area contributed by atoms with Crippen LogP contribution in [0.15, 0.2) is 42.0 Å². The largest absolute Gasteiger partial charge is 0.326 e. The average molecular weight is 314 g/mol. The Balaban J connectivity index is 1.65. The van der Waals surface area contributed by atoms with E-state index in [1.807, 2.05) is 53.5 Å². The van der Waals surface area contributed by atoms with Crippen LogP contribution < -0.4 is 10.6 Å². The van der Waals surface area contributed by atoms with E-state index in [1.165, 1.54) is 0 Å². The van der Waals surface area contributed by atoms with Crippen LogP contribution in [-0.4, -0.2) is 28.9 Å². The molecule has 0 aliphatic heterocycles. The minimum absolute atomic E-state index is 0.0468. The fourth-order valence-electron chi connectivity index (χ4n) is 2.24. The number of rotatable bonds is 6. The first kappa shape index (κ1) is 14.7. The summed E-state index contributed by atoms with van der Waals surface area (Å²) in [6, 6.07) is 7.79. The SMILES string of the molecule is CNCCCC(=O)Nc1ccc(-c2cn3ccsc3n2)cc1. The van der Waals surface area contributed by atoms with E-state index in [2.05, 4.69) is 15.6 Å². The van der Waals surface area contributed by atoms with Crippen LogP contribution in [0.4, 0.5) is 5.69 Å². The highest BCUT2D eigenvalue weighted by Gasteiger charge is 2.06. The molecule has 0 saturated heterocycles. The molecule has 0 aliphatic rings. The molecule has 0 radical (unpaired) electrons. The van der Waals surface area contributed by atoms with E-state index in [-0.39, 0.29) is 5.91 Å². The summed E-state index contributed by atoms with van der Waals surface area (Å²) in [4.78, 5) is 17.3. The van der Waals surface area contributed by atoms with Crippen LogP contribution in [0.1, 0.15) is 12.8 Å². The highest BCUT2D eigenvalue weighted by molar-refractivity contribution is 7.15. The van der Waals surface area contributed by atoms with Crippen molar-refractivity contribution >= 4 is 27.9 Å². The Bertz CT molecular complexity index is 731. The van der Waals surface area contributed by atoms with Gasteiger partial charge in [0.05, 0.1) is 5.69 Å². The number of aromatic nitrogens is 2. The lowest BCUT2D eigenvalue weighted by atomic mass is 10.1. The van der Waals surface area contributed by atoms with Gasteiger partial charge in [0, 0.05) is 35.4 Å². The van der Waals surface area contributed by atoms with E-state index in [0.29, 0.717) is 6.42 Å². The molecule has 0 unspecified atom stereocenters. The molecule has 0 aliphatic carbocycles. The summed E-state index contributed by atoms with van der Waals surface area (Å²) < 4.78 is 2.01. The number of anilines is 1. The van der Waals surface area contributed by atoms with Gasteiger partial charge in [-0.05, 0) is 32.1 Å². The van der Waals surface area contributed by atoms with E-state index < -0.39 is 0 Å². The smallest absolute Gasteiger partial charge is 0.224 e. The molecule has 0 atom stereocenters. The van der Waals surface area contributed by atoms with Gasteiger partial charge in [-0.1, -0.05) is 12.1 Å². The van der Waals surface area contributed by atoms with Crippen molar-refractivity contribution in [3.63, 3.8) is 0 Å². The predicted octanol–water partition coefficient (Wildman–Crippen LogP) is 3.00. The summed E-state index contributed by atoms with van der Waals surface area (Å²) in [7, 11) is 1.89. The molecule has 0 fully saturated rings. The number of thiazole rings is 1. The van der Waals surface area contributed by atoms with E-state index >= 15 is 0 Å². The molecule has 114 valence electrons. The minimum Gasteiger partial charge on any atom is -0.326 e. The first-order valence-corrected chi connectivity index (χ1v) is 8.11. The summed E-state index contributed by atoms with van der Waals surface area (Å²) >= 11 is 1.61. The lowest BCUT2D eigenvalue weighted by Gasteiger charge is -2.05. The van der Waals surface area contributed by atoms with Crippen molar-refractivity contribution in [2.45, 2.75) is 12.8 Å². The Kier molecular flexibility index (Phi) is 4.50. The number of nitrogens with zero attached hydrogens (tertiary/aromatic N) is 2. The molecule has 0 bridgehead atoms. The summed E-state index contributed by atoms with van der Waals surface area (Å²) in [5, 5.41) is 7.96. The van der Waals surface area contributed by atoms with Gasteiger partial charge in [0.15, 0.2) is 4.96 Å². The van der Waals surface area contributed by atoms with Crippen LogP contribution in [0.5, 0.6) is 0 Å². The van der Waals surface area contributed by atoms with Crippen LogP contribution in [-0.2, 0) is 4.79 Å². The van der Waals surface area contributed by atoms with E-state index in [9.17, 15) is 4.79 Å². The van der Waals surface area contributed by atoms with Gasteiger partial charge in [-0.15, -0.1) is 11.3 Å². The third-order valence-corrected chi connectivity index (χ3v) is 4.16. The van der Waals surface area contributed by atoms with Crippen molar-refractivity contribution in [3.8, 4) is 11.3 Å². The van der Waals surface area contributed by atoms with E-state index in [0.717, 1.165) is 34.9 Å². The van der Waals surface area contributed by atoms with Crippen LogP contribution in [0.2, 0.25) is 0 Å². The van der Waals surface area contributed by atoms with Crippen molar-refractivity contribution < 1.29 is 4.79 Å². The fraction of sp³-hybridized carbons (Fsp3) is 0.250. The van der Waals surface area contributed by atoms with Crippen molar-refractivity contribution in [1.29, 1.82) is 0 Å². The lowest BCUT2D eigenvalue weighted by molar-refractivity contribution is -0.116. The highest BCUT2D eigenvalue weighted by atomic mass is 32.1. The summed E-state index contributed by atoms with van der Waals surface area (Å²) in [5.74, 6) is 0.0468. The zero-order valence-corrected chi connectivity index (χ0v) is 13.2. The second-order valence-electron chi connectivity index (χ2n) is 5.05. The summed E-state index contributed by atoms with van der Waals surface area (Å²) in [6.45, 7) is 0.851. The summed E-state index contributed by atoms with van der Waals surface area (Å²) in [6.07, 6.45) is 5.37. The Hall–Kier alpha value is -2.18. The van der Waals surface area contributed by atoms with Crippen LogP contribution >= 0.6 is 11.3 Å². The van der Waals surface area contributed by atoms with Crippen LogP contribution in [0.3, 0.4) is 0 Å². The molecule has 2 aromatic heterocycles. The monoisotopic (exact) mass is 314 g/mol. The molecule has 5 nitrogen and oxygen atoms in total. The number of benzene rings is 1. The Morgan fingerprint density at radius 1 is 1.32 bits per heavy atom. The van der Waals surface area contributed by atoms with Crippen molar-refractivity contribution in [3.05, 3.63) is 42.0 Å². The Morgan fingerprint density at radius 3 is 2.86 bits per heavy atom. The summed E-state index contributed by atoms with van der Waals surface area (Å²) in [5.41, 5.74) is 2.81. The molecule has 1 aromatic carbocycles. The number of hydrogen-bond donors (Lipinski definition) is 2. The van der Waals surface area contributed by atoms with Crippen LogP contribution in [0, 0.1) is 0 Å². The molecule has 0 saturated carbocycles. The van der Waals surface area contributed by atoms with Gasteiger partial charge in [0.25, 0.3) is 0 Å². The number of amides is 1. The van der Waals surface area contributed by atoms with Gasteiger partial charge in [-0.25, -0.2) is 4.98 Å². The van der Waals surface area contributed by atoms with Gasteiger partial charge in [-0.3, -0.25) is 9.20 Å². The molecule has 3 aromatic rings. The van der Waals surface area contributed by atoms with Gasteiger partial charge >= 0.3 is 0 Å². The minimum atomic E-state index is 0.0468. The number of carbonyl (C=O) groups is 1. The van der Waals surface area contributed by atoms with Gasteiger partial charge in [-0.2, -0.15) is 0 Å². The maximum atomic E-state index is 11.8. The third kappa shape index (κ3) is 3.35. The quantitative estimate of drug-likeness (QED) is 0.688. The number of hydrogen-bond acceptors (Lipinski definition) is 4. The highest BCUT2D eigenvalue weighted by Crippen LogP contribution is 2.23. The molecule has 1 amide bonds. The molecule has 22 heavy (non-hydrogen) atoms. The zero-order chi connectivity index (χ0) is 15.4. The number of nitrogens with one attached hydrogen (secondary N) is 2. The van der Waals surface area contributed by atoms with Crippen molar-refractivity contribution in [2.24, 2.45) is 0 Å². The van der Waals surface area contributed by atoms with Crippen molar-refractivity contribution in [2.75, 3.05) is 18.9 Å².